The summed E-state index contributed by atoms with van der Waals surface area (Å²) < 4.78 is 5.06. The molecule has 2 N–H and O–H groups in total. The Balaban J connectivity index is 2.48. The molecule has 0 aromatic heterocycles. The molecule has 0 aliphatic rings. The zero-order chi connectivity index (χ0) is 14.9. The zero-order valence-corrected chi connectivity index (χ0v) is 12.5. The number of anilines is 1. The highest BCUT2D eigenvalue weighted by Crippen LogP contribution is 2.32. The number of rotatable bonds is 3. The Hall–Kier alpha value is -1.71. The molecule has 0 unspecified atom stereocenters. The van der Waals surface area contributed by atoms with E-state index in [4.69, 9.17) is 33.7 Å². The lowest BCUT2D eigenvalue weighted by Gasteiger charge is -2.09. The fraction of sp³-hybridized carbons (Fsp3) is 0.133. The molecule has 0 saturated carbocycles. The number of nitrogens with two attached hydrogens (primary N) is 1. The van der Waals surface area contributed by atoms with Crippen molar-refractivity contribution >= 4 is 34.7 Å². The average Bonchev–Trinajstić information content (AvgIpc) is 2.43. The summed E-state index contributed by atoms with van der Waals surface area (Å²) in [5.74, 6) is 0.226. The van der Waals surface area contributed by atoms with Crippen LogP contribution in [-0.4, -0.2) is 12.9 Å². The number of carbonyl (C=O) groups is 1. The Kier molecular flexibility index (Phi) is 4.21. The van der Waals surface area contributed by atoms with Gasteiger partial charge in [-0.15, -0.1) is 0 Å². The number of carbonyl (C=O) groups excluding carboxylic acids is 1. The Morgan fingerprint density at radius 1 is 1.15 bits per heavy atom. The van der Waals surface area contributed by atoms with Crippen LogP contribution in [0.2, 0.25) is 10.0 Å². The summed E-state index contributed by atoms with van der Waals surface area (Å²) in [6.07, 6.45) is 0. The van der Waals surface area contributed by atoms with Gasteiger partial charge in [0.2, 0.25) is 0 Å². The van der Waals surface area contributed by atoms with Gasteiger partial charge in [-0.1, -0.05) is 23.2 Å². The number of halogens is 2. The molecule has 0 bridgehead atoms. The van der Waals surface area contributed by atoms with Crippen molar-refractivity contribution in [2.75, 3.05) is 12.8 Å². The van der Waals surface area contributed by atoms with Gasteiger partial charge in [0.05, 0.1) is 17.2 Å². The third-order valence-electron chi connectivity index (χ3n) is 3.02. The highest BCUT2D eigenvalue weighted by molar-refractivity contribution is 6.37. The molecule has 0 spiro atoms. The van der Waals surface area contributed by atoms with Gasteiger partial charge in [-0.3, -0.25) is 4.79 Å². The van der Waals surface area contributed by atoms with E-state index in [0.29, 0.717) is 32.6 Å². The van der Waals surface area contributed by atoms with Gasteiger partial charge in [-0.2, -0.15) is 0 Å². The number of ether oxygens (including phenoxy) is 1. The van der Waals surface area contributed by atoms with Gasteiger partial charge in [0, 0.05) is 22.9 Å². The first-order valence-electron chi connectivity index (χ1n) is 5.88. The predicted molar refractivity (Wildman–Crippen MR) is 82.0 cm³/mol. The van der Waals surface area contributed by atoms with Crippen LogP contribution in [0.25, 0.3) is 0 Å². The van der Waals surface area contributed by atoms with E-state index in [1.54, 1.807) is 18.2 Å². The standard InChI is InChI=1S/C15H13Cl2NO2/c1-8-5-9(3-4-13(8)18)15(19)10-6-12(17)14(20-2)7-11(10)16/h3-7H,18H2,1-2H3. The summed E-state index contributed by atoms with van der Waals surface area (Å²) in [6.45, 7) is 1.84. The first kappa shape index (κ1) is 14.7. The number of aryl methyl sites for hydroxylation is 1. The third kappa shape index (κ3) is 2.74. The minimum absolute atomic E-state index is 0.206. The van der Waals surface area contributed by atoms with Crippen LogP contribution >= 0.6 is 23.2 Å². The lowest BCUT2D eigenvalue weighted by atomic mass is 10.0. The highest BCUT2D eigenvalue weighted by atomic mass is 35.5. The Morgan fingerprint density at radius 2 is 1.85 bits per heavy atom. The number of nitrogen functional groups attached to an aromatic ring is 1. The second-order valence-electron chi connectivity index (χ2n) is 4.37. The van der Waals surface area contributed by atoms with Crippen LogP contribution in [0, 0.1) is 6.92 Å². The summed E-state index contributed by atoms with van der Waals surface area (Å²) in [5, 5.41) is 0.637. The van der Waals surface area contributed by atoms with Crippen LogP contribution in [0.15, 0.2) is 30.3 Å². The van der Waals surface area contributed by atoms with Crippen LogP contribution in [0.5, 0.6) is 5.75 Å². The molecule has 2 aromatic rings. The number of methoxy groups -OCH3 is 1. The number of hydrogen-bond donors (Lipinski definition) is 1. The zero-order valence-electron chi connectivity index (χ0n) is 11.0. The lowest BCUT2D eigenvalue weighted by molar-refractivity contribution is 0.103. The van der Waals surface area contributed by atoms with Crippen LogP contribution in [0.4, 0.5) is 5.69 Å². The first-order valence-corrected chi connectivity index (χ1v) is 6.63. The topological polar surface area (TPSA) is 52.3 Å². The molecular formula is C15H13Cl2NO2. The second-order valence-corrected chi connectivity index (χ2v) is 5.18. The fourth-order valence-electron chi connectivity index (χ4n) is 1.83. The van der Waals surface area contributed by atoms with Gasteiger partial charge in [-0.25, -0.2) is 0 Å². The third-order valence-corrected chi connectivity index (χ3v) is 3.63. The Morgan fingerprint density at radius 3 is 2.45 bits per heavy atom. The molecular weight excluding hydrogens is 297 g/mol. The van der Waals surface area contributed by atoms with E-state index in [0.717, 1.165) is 5.56 Å². The number of benzene rings is 2. The van der Waals surface area contributed by atoms with Crippen LogP contribution in [0.1, 0.15) is 21.5 Å². The molecule has 0 atom stereocenters. The highest BCUT2D eigenvalue weighted by Gasteiger charge is 2.16. The molecule has 2 aromatic carbocycles. The summed E-state index contributed by atoms with van der Waals surface area (Å²) in [6, 6.07) is 8.13. The van der Waals surface area contributed by atoms with E-state index in [1.165, 1.54) is 19.2 Å². The van der Waals surface area contributed by atoms with Crippen LogP contribution in [0.3, 0.4) is 0 Å². The number of ketones is 1. The molecule has 0 aliphatic heterocycles. The molecule has 20 heavy (non-hydrogen) atoms. The van der Waals surface area contributed by atoms with Gasteiger partial charge in [0.1, 0.15) is 5.75 Å². The van der Waals surface area contributed by atoms with E-state index in [1.807, 2.05) is 6.92 Å². The van der Waals surface area contributed by atoms with E-state index in [2.05, 4.69) is 0 Å². The second kappa shape index (κ2) is 5.73. The molecule has 3 nitrogen and oxygen atoms in total. The smallest absolute Gasteiger partial charge is 0.194 e. The first-order chi connectivity index (χ1) is 9.43. The molecule has 0 saturated heterocycles. The average molecular weight is 310 g/mol. The van der Waals surface area contributed by atoms with E-state index in [9.17, 15) is 4.79 Å². The fourth-order valence-corrected chi connectivity index (χ4v) is 2.31. The molecule has 0 fully saturated rings. The summed E-state index contributed by atoms with van der Waals surface area (Å²) >= 11 is 12.1. The van der Waals surface area contributed by atoms with E-state index < -0.39 is 0 Å². The Labute approximate surface area is 127 Å². The maximum Gasteiger partial charge on any atom is 0.194 e. The molecule has 0 heterocycles. The van der Waals surface area contributed by atoms with Crippen molar-refractivity contribution < 1.29 is 9.53 Å². The maximum absolute atomic E-state index is 12.5. The van der Waals surface area contributed by atoms with Gasteiger partial charge >= 0.3 is 0 Å². The van der Waals surface area contributed by atoms with Crippen molar-refractivity contribution in [3.8, 4) is 5.75 Å². The van der Waals surface area contributed by atoms with E-state index >= 15 is 0 Å². The minimum Gasteiger partial charge on any atom is -0.495 e. The molecule has 0 amide bonds. The summed E-state index contributed by atoms with van der Waals surface area (Å²) in [7, 11) is 1.49. The van der Waals surface area contributed by atoms with Gasteiger partial charge in [0.15, 0.2) is 5.78 Å². The van der Waals surface area contributed by atoms with Gasteiger partial charge < -0.3 is 10.5 Å². The SMILES string of the molecule is COc1cc(Cl)c(C(=O)c2ccc(N)c(C)c2)cc1Cl. The van der Waals surface area contributed by atoms with E-state index in [-0.39, 0.29) is 5.78 Å². The van der Waals surface area contributed by atoms with Crippen molar-refractivity contribution in [1.29, 1.82) is 0 Å². The van der Waals surface area contributed by atoms with Crippen molar-refractivity contribution in [1.82, 2.24) is 0 Å². The van der Waals surface area contributed by atoms with Crippen LogP contribution < -0.4 is 10.5 Å². The quantitative estimate of drug-likeness (QED) is 0.685. The van der Waals surface area contributed by atoms with Gasteiger partial charge in [-0.05, 0) is 36.8 Å². The molecule has 0 radical (unpaired) electrons. The van der Waals surface area contributed by atoms with Crippen molar-refractivity contribution in [2.45, 2.75) is 6.92 Å². The number of hydrogen-bond acceptors (Lipinski definition) is 3. The maximum atomic E-state index is 12.5. The molecule has 0 aliphatic carbocycles. The molecule has 2 rings (SSSR count). The summed E-state index contributed by atoms with van der Waals surface area (Å²) in [4.78, 5) is 12.5. The van der Waals surface area contributed by atoms with Crippen LogP contribution in [-0.2, 0) is 0 Å². The lowest BCUT2D eigenvalue weighted by Crippen LogP contribution is -2.04. The van der Waals surface area contributed by atoms with Crippen molar-refractivity contribution in [3.05, 3.63) is 57.1 Å². The summed E-state index contributed by atoms with van der Waals surface area (Å²) in [5.41, 5.74) is 8.07. The normalized spacial score (nSPS) is 10.4. The monoisotopic (exact) mass is 309 g/mol. The largest absolute Gasteiger partial charge is 0.495 e. The van der Waals surface area contributed by atoms with Crippen molar-refractivity contribution in [2.24, 2.45) is 0 Å². The minimum atomic E-state index is -0.206. The molecule has 5 heteroatoms. The Bertz CT molecular complexity index is 684. The van der Waals surface area contributed by atoms with Gasteiger partial charge in [0.25, 0.3) is 0 Å². The predicted octanol–water partition coefficient (Wildman–Crippen LogP) is 4.12. The molecule has 104 valence electrons. The van der Waals surface area contributed by atoms with Crippen molar-refractivity contribution in [3.63, 3.8) is 0 Å².